The highest BCUT2D eigenvalue weighted by Crippen LogP contribution is 2.27. The molecule has 1 aliphatic rings. The molecule has 7 nitrogen and oxygen atoms in total. The minimum atomic E-state index is -0.222. The number of rotatable bonds is 2. The van der Waals surface area contributed by atoms with Crippen molar-refractivity contribution in [3.63, 3.8) is 0 Å². The van der Waals surface area contributed by atoms with E-state index in [1.807, 2.05) is 17.7 Å². The molecule has 114 valence electrons. The number of aromatic nitrogens is 3. The Labute approximate surface area is 128 Å². The van der Waals surface area contributed by atoms with Gasteiger partial charge in [0.25, 0.3) is 5.91 Å². The summed E-state index contributed by atoms with van der Waals surface area (Å²) < 4.78 is 1.99. The van der Waals surface area contributed by atoms with E-state index < -0.39 is 0 Å². The molecule has 3 rings (SSSR count). The Morgan fingerprint density at radius 1 is 1.36 bits per heavy atom. The van der Waals surface area contributed by atoms with Crippen LogP contribution in [-0.2, 0) is 18.3 Å². The summed E-state index contributed by atoms with van der Waals surface area (Å²) in [7, 11) is 3.73. The van der Waals surface area contributed by atoms with Crippen molar-refractivity contribution in [2.45, 2.75) is 13.3 Å². The topological polar surface area (TPSA) is 80.1 Å². The van der Waals surface area contributed by atoms with E-state index >= 15 is 0 Å². The van der Waals surface area contributed by atoms with Gasteiger partial charge in [-0.25, -0.2) is 9.97 Å². The van der Waals surface area contributed by atoms with Gasteiger partial charge in [0.2, 0.25) is 11.9 Å². The molecular formula is C15H17N5O2. The fourth-order valence-corrected chi connectivity index (χ4v) is 2.68. The Morgan fingerprint density at radius 3 is 2.86 bits per heavy atom. The summed E-state index contributed by atoms with van der Waals surface area (Å²) in [5.74, 6) is 0.0620. The monoisotopic (exact) mass is 299 g/mol. The Hall–Kier alpha value is -2.70. The van der Waals surface area contributed by atoms with Gasteiger partial charge in [-0.15, -0.1) is 0 Å². The number of carbonyl (C=O) groups excluding carboxylic acids is 2. The predicted octanol–water partition coefficient (Wildman–Crippen LogP) is 1.07. The highest BCUT2D eigenvalue weighted by Gasteiger charge is 2.26. The smallest absolute Gasteiger partial charge is 0.255 e. The van der Waals surface area contributed by atoms with Crippen molar-refractivity contribution < 1.29 is 9.59 Å². The molecule has 0 radical (unpaired) electrons. The molecule has 0 unspecified atom stereocenters. The molecule has 22 heavy (non-hydrogen) atoms. The number of fused-ring (bicyclic) bond motifs is 1. The van der Waals surface area contributed by atoms with Gasteiger partial charge in [0.05, 0.1) is 17.0 Å². The number of amides is 2. The minimum Gasteiger partial charge on any atom is -0.346 e. The average Bonchev–Trinajstić information content (AvgIpc) is 2.80. The minimum absolute atomic E-state index is 0.0271. The van der Waals surface area contributed by atoms with Crippen LogP contribution >= 0.6 is 0 Å². The molecule has 0 saturated heterocycles. The molecule has 2 aromatic rings. The van der Waals surface area contributed by atoms with Crippen LogP contribution in [0.5, 0.6) is 0 Å². The van der Waals surface area contributed by atoms with E-state index in [9.17, 15) is 9.59 Å². The molecule has 1 aliphatic heterocycles. The third-order valence-corrected chi connectivity index (χ3v) is 3.83. The molecule has 0 aliphatic carbocycles. The van der Waals surface area contributed by atoms with Crippen LogP contribution in [0.25, 0.3) is 11.4 Å². The zero-order chi connectivity index (χ0) is 15.9. The second-order valence-electron chi connectivity index (χ2n) is 5.37. The maximum absolute atomic E-state index is 12.2. The van der Waals surface area contributed by atoms with Crippen LogP contribution in [0.15, 0.2) is 18.3 Å². The molecule has 1 N–H and O–H groups in total. The maximum Gasteiger partial charge on any atom is 0.255 e. The number of nitrogens with one attached hydrogen (secondary N) is 1. The van der Waals surface area contributed by atoms with Crippen molar-refractivity contribution in [3.05, 3.63) is 29.6 Å². The Morgan fingerprint density at radius 2 is 2.14 bits per heavy atom. The van der Waals surface area contributed by atoms with Gasteiger partial charge in [0.1, 0.15) is 0 Å². The average molecular weight is 299 g/mol. The van der Waals surface area contributed by atoms with Gasteiger partial charge in [0.15, 0.2) is 0 Å². The third kappa shape index (κ3) is 2.34. The standard InChI is InChI=1S/C15H17N5O2/c1-9(21)17-15-16-6-4-11(18-15)13-8-10-12(20(13)3)5-7-19(2)14(10)22/h4,6,8H,5,7H2,1-3H3,(H,16,17,18,21). The van der Waals surface area contributed by atoms with E-state index in [-0.39, 0.29) is 17.8 Å². The zero-order valence-electron chi connectivity index (χ0n) is 12.8. The fourth-order valence-electron chi connectivity index (χ4n) is 2.68. The normalized spacial score (nSPS) is 14.0. The van der Waals surface area contributed by atoms with Crippen LogP contribution in [0.1, 0.15) is 23.0 Å². The van der Waals surface area contributed by atoms with Gasteiger partial charge in [-0.1, -0.05) is 0 Å². The van der Waals surface area contributed by atoms with Gasteiger partial charge in [-0.3, -0.25) is 14.9 Å². The molecule has 3 heterocycles. The second kappa shape index (κ2) is 5.25. The molecule has 0 aromatic carbocycles. The lowest BCUT2D eigenvalue weighted by Gasteiger charge is -2.23. The van der Waals surface area contributed by atoms with Gasteiger partial charge >= 0.3 is 0 Å². The van der Waals surface area contributed by atoms with Gasteiger partial charge in [-0.2, -0.15) is 0 Å². The van der Waals surface area contributed by atoms with E-state index in [4.69, 9.17) is 0 Å². The summed E-state index contributed by atoms with van der Waals surface area (Å²) in [6.07, 6.45) is 2.41. The number of likely N-dealkylation sites (N-methyl/N-ethyl adjacent to an activating group) is 1. The van der Waals surface area contributed by atoms with Crippen LogP contribution < -0.4 is 5.32 Å². The lowest BCUT2D eigenvalue weighted by atomic mass is 10.1. The van der Waals surface area contributed by atoms with Crippen molar-refractivity contribution in [3.8, 4) is 11.4 Å². The fraction of sp³-hybridized carbons (Fsp3) is 0.333. The van der Waals surface area contributed by atoms with E-state index in [2.05, 4.69) is 15.3 Å². The first-order valence-electron chi connectivity index (χ1n) is 7.02. The van der Waals surface area contributed by atoms with E-state index in [0.29, 0.717) is 17.8 Å². The van der Waals surface area contributed by atoms with Gasteiger partial charge in [0, 0.05) is 45.9 Å². The van der Waals surface area contributed by atoms with Crippen LogP contribution in [0.2, 0.25) is 0 Å². The van der Waals surface area contributed by atoms with Crippen LogP contribution in [0.3, 0.4) is 0 Å². The second-order valence-corrected chi connectivity index (χ2v) is 5.37. The zero-order valence-corrected chi connectivity index (χ0v) is 12.8. The van der Waals surface area contributed by atoms with Crippen molar-refractivity contribution >= 4 is 17.8 Å². The largest absolute Gasteiger partial charge is 0.346 e. The summed E-state index contributed by atoms with van der Waals surface area (Å²) in [4.78, 5) is 33.4. The lowest BCUT2D eigenvalue weighted by Crippen LogP contribution is -2.34. The molecule has 7 heteroatoms. The van der Waals surface area contributed by atoms with E-state index in [0.717, 1.165) is 17.8 Å². The first kappa shape index (κ1) is 14.2. The highest BCUT2D eigenvalue weighted by molar-refractivity contribution is 5.97. The Balaban J connectivity index is 2.05. The summed E-state index contributed by atoms with van der Waals surface area (Å²) in [5, 5.41) is 2.57. The molecule has 0 atom stereocenters. The first-order valence-corrected chi connectivity index (χ1v) is 7.02. The number of hydrogen-bond acceptors (Lipinski definition) is 4. The van der Waals surface area contributed by atoms with Crippen LogP contribution in [0.4, 0.5) is 5.95 Å². The molecule has 0 saturated carbocycles. The van der Waals surface area contributed by atoms with Crippen molar-refractivity contribution in [1.29, 1.82) is 0 Å². The SMILES string of the molecule is CC(=O)Nc1nccc(-c2cc3c(n2C)CCN(C)C3=O)n1. The van der Waals surface area contributed by atoms with Gasteiger partial charge in [-0.05, 0) is 12.1 Å². The number of hydrogen-bond donors (Lipinski definition) is 1. The molecule has 2 aromatic heterocycles. The summed E-state index contributed by atoms with van der Waals surface area (Å²) >= 11 is 0. The Bertz CT molecular complexity index is 765. The van der Waals surface area contributed by atoms with E-state index in [1.54, 1.807) is 24.2 Å². The quantitative estimate of drug-likeness (QED) is 0.899. The van der Waals surface area contributed by atoms with Crippen molar-refractivity contribution in [2.75, 3.05) is 18.9 Å². The summed E-state index contributed by atoms with van der Waals surface area (Å²) in [6, 6.07) is 3.62. The van der Waals surface area contributed by atoms with E-state index in [1.165, 1.54) is 6.92 Å². The van der Waals surface area contributed by atoms with Crippen LogP contribution in [0, 0.1) is 0 Å². The van der Waals surface area contributed by atoms with Crippen molar-refractivity contribution in [2.24, 2.45) is 7.05 Å². The number of carbonyl (C=O) groups is 2. The molecule has 0 bridgehead atoms. The molecule has 0 fully saturated rings. The maximum atomic E-state index is 12.2. The number of nitrogens with zero attached hydrogens (tertiary/aromatic N) is 4. The highest BCUT2D eigenvalue weighted by atomic mass is 16.2. The summed E-state index contributed by atoms with van der Waals surface area (Å²) in [6.45, 7) is 2.12. The molecule has 2 amide bonds. The molecule has 0 spiro atoms. The predicted molar refractivity (Wildman–Crippen MR) is 81.4 cm³/mol. The first-order chi connectivity index (χ1) is 10.5. The molecular weight excluding hydrogens is 282 g/mol. The third-order valence-electron chi connectivity index (χ3n) is 3.83. The lowest BCUT2D eigenvalue weighted by molar-refractivity contribution is -0.114. The van der Waals surface area contributed by atoms with Crippen molar-refractivity contribution in [1.82, 2.24) is 19.4 Å². The number of anilines is 1. The van der Waals surface area contributed by atoms with Gasteiger partial charge < -0.3 is 9.47 Å². The Kier molecular flexibility index (Phi) is 3.40. The summed E-state index contributed by atoms with van der Waals surface area (Å²) in [5.41, 5.74) is 3.23. The van der Waals surface area contributed by atoms with Crippen LogP contribution in [-0.4, -0.2) is 44.8 Å².